The van der Waals surface area contributed by atoms with Gasteiger partial charge < -0.3 is 16.0 Å². The highest BCUT2D eigenvalue weighted by Gasteiger charge is 2.47. The normalized spacial score (nSPS) is 21.0. The number of nitrogens with one attached hydrogen (secondary N) is 1. The van der Waals surface area contributed by atoms with E-state index in [9.17, 15) is 18.4 Å². The number of hydrogen-bond donors (Lipinski definition) is 2. The summed E-state index contributed by atoms with van der Waals surface area (Å²) in [7, 11) is 1.46. The van der Waals surface area contributed by atoms with Crippen molar-refractivity contribution in [2.24, 2.45) is 10.7 Å². The average molecular weight is 313 g/mol. The molecule has 7 nitrogen and oxygen atoms in total. The second-order valence-electron chi connectivity index (χ2n) is 4.69. The second-order valence-corrected chi connectivity index (χ2v) is 4.69. The molecule has 0 saturated carbocycles. The first kappa shape index (κ1) is 17.7. The fourth-order valence-corrected chi connectivity index (χ4v) is 2.02. The summed E-state index contributed by atoms with van der Waals surface area (Å²) >= 11 is 0. The van der Waals surface area contributed by atoms with E-state index >= 15 is 0 Å². The number of alkyl halides is 2. The lowest BCUT2D eigenvalue weighted by Gasteiger charge is -2.19. The number of amides is 2. The van der Waals surface area contributed by atoms with E-state index < -0.39 is 43.3 Å². The van der Waals surface area contributed by atoms with Crippen molar-refractivity contribution in [1.29, 1.82) is 5.26 Å². The van der Waals surface area contributed by atoms with Crippen LogP contribution in [0.2, 0.25) is 0 Å². The van der Waals surface area contributed by atoms with Gasteiger partial charge in [-0.1, -0.05) is 6.08 Å². The molecule has 0 aromatic heterocycles. The summed E-state index contributed by atoms with van der Waals surface area (Å²) in [6, 6.07) is 0.480. The number of nitrogens with two attached hydrogens (primary N) is 1. The monoisotopic (exact) mass is 313 g/mol. The standard InChI is InChI=1S/C13H17F2N5O2/c1-18-6-9(2-3-16)12(22)19-7-11(21)20-8-13(14,15)4-10(20)5-17/h2,6,10H,3-4,7-8,16H2,1H3,(H,19,22)/b9-2+,18-6?. The van der Waals surface area contributed by atoms with Gasteiger partial charge in [0.25, 0.3) is 11.8 Å². The number of aliphatic imine (C=N–C) groups is 1. The molecule has 3 N–H and O–H groups in total. The van der Waals surface area contributed by atoms with Crippen LogP contribution >= 0.6 is 0 Å². The first-order chi connectivity index (χ1) is 10.3. The van der Waals surface area contributed by atoms with Crippen molar-refractivity contribution in [3.8, 4) is 6.07 Å². The molecule has 1 aliphatic rings. The molecule has 1 rings (SSSR count). The highest BCUT2D eigenvalue weighted by atomic mass is 19.3. The van der Waals surface area contributed by atoms with Crippen molar-refractivity contribution in [3.05, 3.63) is 11.6 Å². The molecular weight excluding hydrogens is 296 g/mol. The van der Waals surface area contributed by atoms with Gasteiger partial charge in [-0.25, -0.2) is 8.78 Å². The Morgan fingerprint density at radius 2 is 2.27 bits per heavy atom. The van der Waals surface area contributed by atoms with Gasteiger partial charge in [-0.15, -0.1) is 0 Å². The molecule has 1 heterocycles. The molecule has 0 radical (unpaired) electrons. The Bertz CT molecular complexity index is 539. The number of halogens is 2. The molecule has 1 atom stereocenters. The highest BCUT2D eigenvalue weighted by Crippen LogP contribution is 2.31. The zero-order valence-electron chi connectivity index (χ0n) is 12.1. The number of nitriles is 1. The number of carbonyl (C=O) groups is 2. The minimum atomic E-state index is -3.08. The number of likely N-dealkylation sites (tertiary alicyclic amines) is 1. The Morgan fingerprint density at radius 1 is 1.59 bits per heavy atom. The van der Waals surface area contributed by atoms with Gasteiger partial charge in [0.05, 0.1) is 24.7 Å². The topological polar surface area (TPSA) is 112 Å². The quantitative estimate of drug-likeness (QED) is 0.524. The number of carbonyl (C=O) groups excluding carboxylic acids is 2. The zero-order valence-corrected chi connectivity index (χ0v) is 12.1. The van der Waals surface area contributed by atoms with Crippen molar-refractivity contribution < 1.29 is 18.4 Å². The van der Waals surface area contributed by atoms with Crippen LogP contribution < -0.4 is 11.1 Å². The molecule has 0 bridgehead atoms. The lowest BCUT2D eigenvalue weighted by Crippen LogP contribution is -2.43. The minimum Gasteiger partial charge on any atom is -0.343 e. The number of rotatable bonds is 5. The van der Waals surface area contributed by atoms with Gasteiger partial charge in [0.1, 0.15) is 6.04 Å². The van der Waals surface area contributed by atoms with Gasteiger partial charge >= 0.3 is 0 Å². The summed E-state index contributed by atoms with van der Waals surface area (Å²) < 4.78 is 26.5. The van der Waals surface area contributed by atoms with Crippen LogP contribution in [0.3, 0.4) is 0 Å². The predicted octanol–water partition coefficient (Wildman–Crippen LogP) is -0.552. The van der Waals surface area contributed by atoms with Crippen LogP contribution in [-0.2, 0) is 9.59 Å². The fourth-order valence-electron chi connectivity index (χ4n) is 2.02. The minimum absolute atomic E-state index is 0.109. The van der Waals surface area contributed by atoms with Crippen molar-refractivity contribution in [1.82, 2.24) is 10.2 Å². The molecule has 0 aromatic rings. The maximum Gasteiger partial charge on any atom is 0.268 e. The summed E-state index contributed by atoms with van der Waals surface area (Å²) in [6.07, 6.45) is 1.99. The van der Waals surface area contributed by atoms with E-state index in [4.69, 9.17) is 11.0 Å². The van der Waals surface area contributed by atoms with Crippen molar-refractivity contribution in [2.75, 3.05) is 26.7 Å². The summed E-state index contributed by atoms with van der Waals surface area (Å²) in [5.74, 6) is -4.42. The lowest BCUT2D eigenvalue weighted by atomic mass is 10.2. The summed E-state index contributed by atoms with van der Waals surface area (Å²) in [6.45, 7) is -1.19. The molecule has 1 aliphatic heterocycles. The lowest BCUT2D eigenvalue weighted by molar-refractivity contribution is -0.133. The molecule has 1 fully saturated rings. The molecule has 0 aromatic carbocycles. The summed E-state index contributed by atoms with van der Waals surface area (Å²) in [5, 5.41) is 11.1. The molecule has 1 saturated heterocycles. The Hall–Kier alpha value is -2.34. The summed E-state index contributed by atoms with van der Waals surface area (Å²) in [5.41, 5.74) is 5.47. The predicted molar refractivity (Wildman–Crippen MR) is 75.2 cm³/mol. The van der Waals surface area contributed by atoms with Crippen molar-refractivity contribution in [2.45, 2.75) is 18.4 Å². The largest absolute Gasteiger partial charge is 0.343 e. The Morgan fingerprint density at radius 3 is 2.82 bits per heavy atom. The SMILES string of the molecule is CN=C/C(=C\CN)C(=O)NCC(=O)N1CC(F)(F)CC1C#N. The average Bonchev–Trinajstić information content (AvgIpc) is 2.79. The first-order valence-corrected chi connectivity index (χ1v) is 6.52. The molecule has 22 heavy (non-hydrogen) atoms. The van der Waals surface area contributed by atoms with E-state index in [0.717, 1.165) is 4.90 Å². The summed E-state index contributed by atoms with van der Waals surface area (Å²) in [4.78, 5) is 28.2. The number of nitrogens with zero attached hydrogens (tertiary/aromatic N) is 3. The molecule has 0 aliphatic carbocycles. The van der Waals surface area contributed by atoms with Crippen molar-refractivity contribution >= 4 is 18.0 Å². The van der Waals surface area contributed by atoms with E-state index in [-0.39, 0.29) is 12.1 Å². The van der Waals surface area contributed by atoms with Crippen LogP contribution in [-0.4, -0.2) is 61.6 Å². The van der Waals surface area contributed by atoms with Gasteiger partial charge in [0.15, 0.2) is 0 Å². The highest BCUT2D eigenvalue weighted by molar-refractivity contribution is 6.12. The Kier molecular flexibility index (Phi) is 6.12. The smallest absolute Gasteiger partial charge is 0.268 e. The van der Waals surface area contributed by atoms with Crippen LogP contribution in [0.4, 0.5) is 8.78 Å². The van der Waals surface area contributed by atoms with Gasteiger partial charge in [0, 0.05) is 26.2 Å². The van der Waals surface area contributed by atoms with Crippen LogP contribution in [0, 0.1) is 11.3 Å². The van der Waals surface area contributed by atoms with E-state index in [1.165, 1.54) is 19.3 Å². The van der Waals surface area contributed by atoms with Gasteiger partial charge in [0.2, 0.25) is 5.91 Å². The third-order valence-corrected chi connectivity index (χ3v) is 3.01. The molecule has 120 valence electrons. The van der Waals surface area contributed by atoms with Gasteiger partial charge in [-0.05, 0) is 0 Å². The third kappa shape index (κ3) is 4.60. The van der Waals surface area contributed by atoms with Gasteiger partial charge in [-0.2, -0.15) is 5.26 Å². The Labute approximate surface area is 126 Å². The van der Waals surface area contributed by atoms with E-state index in [1.807, 2.05) is 0 Å². The molecule has 9 heteroatoms. The molecular formula is C13H17F2N5O2. The van der Waals surface area contributed by atoms with Crippen LogP contribution in [0.25, 0.3) is 0 Å². The second kappa shape index (κ2) is 7.61. The third-order valence-electron chi connectivity index (χ3n) is 3.01. The molecule has 2 amide bonds. The zero-order chi connectivity index (χ0) is 16.8. The maximum absolute atomic E-state index is 13.2. The van der Waals surface area contributed by atoms with Crippen LogP contribution in [0.1, 0.15) is 6.42 Å². The van der Waals surface area contributed by atoms with Crippen molar-refractivity contribution in [3.63, 3.8) is 0 Å². The number of hydrogen-bond acceptors (Lipinski definition) is 5. The fraction of sp³-hybridized carbons (Fsp3) is 0.538. The van der Waals surface area contributed by atoms with E-state index in [1.54, 1.807) is 6.07 Å². The van der Waals surface area contributed by atoms with Gasteiger partial charge in [-0.3, -0.25) is 14.6 Å². The molecule has 0 spiro atoms. The van der Waals surface area contributed by atoms with E-state index in [2.05, 4.69) is 10.3 Å². The van der Waals surface area contributed by atoms with Crippen LogP contribution in [0.5, 0.6) is 0 Å². The Balaban J connectivity index is 2.65. The van der Waals surface area contributed by atoms with E-state index in [0.29, 0.717) is 0 Å². The molecule has 1 unspecified atom stereocenters. The van der Waals surface area contributed by atoms with Crippen LogP contribution in [0.15, 0.2) is 16.6 Å². The first-order valence-electron chi connectivity index (χ1n) is 6.52. The maximum atomic E-state index is 13.2.